The predicted octanol–water partition coefficient (Wildman–Crippen LogP) is 2.32. The lowest BCUT2D eigenvalue weighted by Gasteiger charge is -2.22. The lowest BCUT2D eigenvalue weighted by atomic mass is 10.2. The van der Waals surface area contributed by atoms with Crippen molar-refractivity contribution in [3.8, 4) is 0 Å². The molecule has 0 aliphatic heterocycles. The van der Waals surface area contributed by atoms with Gasteiger partial charge in [0.1, 0.15) is 24.0 Å². The van der Waals surface area contributed by atoms with E-state index in [1.165, 1.54) is 7.05 Å². The molecule has 1 heterocycles. The maximum absolute atomic E-state index is 12.4. The number of aryl methyl sites for hydroxylation is 1. The van der Waals surface area contributed by atoms with Crippen LogP contribution < -0.4 is 10.6 Å². The number of anilines is 2. The number of nitrogens with zero attached hydrogens (tertiary/aromatic N) is 3. The summed E-state index contributed by atoms with van der Waals surface area (Å²) in [4.78, 5) is 9.25. The number of hydrogen-bond acceptors (Lipinski definition) is 4. The van der Waals surface area contributed by atoms with E-state index in [0.29, 0.717) is 17.8 Å². The zero-order chi connectivity index (χ0) is 13.9. The molecule has 0 radical (unpaired) electrons. The molecule has 0 amide bonds. The molecular formula is C11H17F3N4. The molecule has 18 heavy (non-hydrogen) atoms. The Morgan fingerprint density at radius 3 is 2.39 bits per heavy atom. The maximum atomic E-state index is 12.4. The second-order valence-corrected chi connectivity index (χ2v) is 4.19. The summed E-state index contributed by atoms with van der Waals surface area (Å²) in [6.45, 7) is 2.50. The van der Waals surface area contributed by atoms with E-state index in [-0.39, 0.29) is 11.6 Å². The number of rotatable bonds is 4. The van der Waals surface area contributed by atoms with Crippen LogP contribution in [0.5, 0.6) is 0 Å². The fourth-order valence-electron chi connectivity index (χ4n) is 1.62. The van der Waals surface area contributed by atoms with E-state index < -0.39 is 12.7 Å². The van der Waals surface area contributed by atoms with Gasteiger partial charge in [0.25, 0.3) is 0 Å². The van der Waals surface area contributed by atoms with E-state index >= 15 is 0 Å². The minimum Gasteiger partial charge on any atom is -0.383 e. The molecule has 1 aromatic rings. The van der Waals surface area contributed by atoms with Crippen LogP contribution in [0.1, 0.15) is 24.7 Å². The summed E-state index contributed by atoms with van der Waals surface area (Å²) in [5.41, 5.74) is 6.17. The Morgan fingerprint density at radius 1 is 1.28 bits per heavy atom. The van der Waals surface area contributed by atoms with E-state index in [1.807, 2.05) is 6.92 Å². The Hall–Kier alpha value is -1.53. The molecule has 0 fully saturated rings. The van der Waals surface area contributed by atoms with Gasteiger partial charge in [0.2, 0.25) is 0 Å². The standard InChI is InChI=1S/C11H17F3N4/c1-4-5-8-16-9(15)7(2)10(17-8)18(3)6-11(12,13)14/h4-6H2,1-3H3,(H2,15,16,17). The number of halogens is 3. The Balaban J connectivity index is 3.06. The minimum absolute atomic E-state index is 0.234. The van der Waals surface area contributed by atoms with Gasteiger partial charge in [0.15, 0.2) is 0 Å². The van der Waals surface area contributed by atoms with E-state index in [2.05, 4.69) is 9.97 Å². The molecule has 0 spiro atoms. The molecule has 4 nitrogen and oxygen atoms in total. The molecule has 0 aromatic carbocycles. The quantitative estimate of drug-likeness (QED) is 0.904. The predicted molar refractivity (Wildman–Crippen MR) is 64.5 cm³/mol. The van der Waals surface area contributed by atoms with Crippen LogP contribution in [0.2, 0.25) is 0 Å². The highest BCUT2D eigenvalue weighted by molar-refractivity contribution is 5.56. The van der Waals surface area contributed by atoms with Crippen LogP contribution >= 0.6 is 0 Å². The molecule has 0 aliphatic carbocycles. The van der Waals surface area contributed by atoms with Crippen molar-refractivity contribution in [1.29, 1.82) is 0 Å². The third-order valence-electron chi connectivity index (χ3n) is 2.46. The second-order valence-electron chi connectivity index (χ2n) is 4.19. The Labute approximate surface area is 104 Å². The lowest BCUT2D eigenvalue weighted by molar-refractivity contribution is -0.119. The molecule has 0 saturated heterocycles. The van der Waals surface area contributed by atoms with Crippen molar-refractivity contribution in [2.45, 2.75) is 32.9 Å². The molecule has 102 valence electrons. The van der Waals surface area contributed by atoms with Crippen LogP contribution in [0.4, 0.5) is 24.8 Å². The largest absolute Gasteiger partial charge is 0.405 e. The zero-order valence-corrected chi connectivity index (χ0v) is 10.7. The normalized spacial score (nSPS) is 11.7. The molecular weight excluding hydrogens is 245 g/mol. The summed E-state index contributed by atoms with van der Waals surface area (Å²) in [6, 6.07) is 0. The first-order chi connectivity index (χ1) is 8.24. The molecule has 0 atom stereocenters. The van der Waals surface area contributed by atoms with Gasteiger partial charge in [-0.05, 0) is 13.3 Å². The number of aromatic nitrogens is 2. The number of alkyl halides is 3. The number of nitrogen functional groups attached to an aromatic ring is 1. The first kappa shape index (κ1) is 14.5. The van der Waals surface area contributed by atoms with Crippen LogP contribution in [0.3, 0.4) is 0 Å². The highest BCUT2D eigenvalue weighted by Crippen LogP contribution is 2.24. The van der Waals surface area contributed by atoms with Crippen LogP contribution in [-0.4, -0.2) is 29.7 Å². The third kappa shape index (κ3) is 3.75. The van der Waals surface area contributed by atoms with Crippen molar-refractivity contribution in [2.24, 2.45) is 0 Å². The Kier molecular flexibility index (Phi) is 4.37. The molecule has 1 aromatic heterocycles. The van der Waals surface area contributed by atoms with Gasteiger partial charge in [-0.1, -0.05) is 6.92 Å². The van der Waals surface area contributed by atoms with E-state index in [9.17, 15) is 13.2 Å². The average Bonchev–Trinajstić information content (AvgIpc) is 2.20. The van der Waals surface area contributed by atoms with Crippen molar-refractivity contribution < 1.29 is 13.2 Å². The number of nitrogens with two attached hydrogens (primary N) is 1. The van der Waals surface area contributed by atoms with Crippen molar-refractivity contribution in [3.63, 3.8) is 0 Å². The van der Waals surface area contributed by atoms with E-state index in [1.54, 1.807) is 6.92 Å². The average molecular weight is 262 g/mol. The maximum Gasteiger partial charge on any atom is 0.405 e. The summed E-state index contributed by atoms with van der Waals surface area (Å²) in [5.74, 6) is 0.949. The summed E-state index contributed by atoms with van der Waals surface area (Å²) in [7, 11) is 1.35. The summed E-state index contributed by atoms with van der Waals surface area (Å²) < 4.78 is 37.1. The van der Waals surface area contributed by atoms with Crippen molar-refractivity contribution in [1.82, 2.24) is 9.97 Å². The van der Waals surface area contributed by atoms with E-state index in [0.717, 1.165) is 11.3 Å². The van der Waals surface area contributed by atoms with Crippen LogP contribution in [0.15, 0.2) is 0 Å². The Bertz CT molecular complexity index is 417. The van der Waals surface area contributed by atoms with E-state index in [4.69, 9.17) is 5.73 Å². The minimum atomic E-state index is -4.27. The summed E-state index contributed by atoms with van der Waals surface area (Å²) in [5, 5.41) is 0. The van der Waals surface area contributed by atoms with Crippen LogP contribution in [0.25, 0.3) is 0 Å². The van der Waals surface area contributed by atoms with Gasteiger partial charge < -0.3 is 10.6 Å². The third-order valence-corrected chi connectivity index (χ3v) is 2.46. The Morgan fingerprint density at radius 2 is 1.89 bits per heavy atom. The summed E-state index contributed by atoms with van der Waals surface area (Å²) in [6.07, 6.45) is -2.87. The summed E-state index contributed by atoms with van der Waals surface area (Å²) >= 11 is 0. The van der Waals surface area contributed by atoms with Crippen molar-refractivity contribution in [2.75, 3.05) is 24.2 Å². The first-order valence-electron chi connectivity index (χ1n) is 5.65. The second kappa shape index (κ2) is 5.41. The van der Waals surface area contributed by atoms with Crippen molar-refractivity contribution in [3.05, 3.63) is 11.4 Å². The topological polar surface area (TPSA) is 55.0 Å². The van der Waals surface area contributed by atoms with Crippen LogP contribution in [0, 0.1) is 6.92 Å². The highest BCUT2D eigenvalue weighted by atomic mass is 19.4. The van der Waals surface area contributed by atoms with Crippen LogP contribution in [-0.2, 0) is 6.42 Å². The van der Waals surface area contributed by atoms with Gasteiger partial charge in [-0.25, -0.2) is 9.97 Å². The molecule has 0 unspecified atom stereocenters. The van der Waals surface area contributed by atoms with Gasteiger partial charge in [-0.3, -0.25) is 0 Å². The first-order valence-corrected chi connectivity index (χ1v) is 5.65. The SMILES string of the molecule is CCCc1nc(N)c(C)c(N(C)CC(F)(F)F)n1. The molecule has 7 heteroatoms. The van der Waals surface area contributed by atoms with Gasteiger partial charge in [0, 0.05) is 19.0 Å². The fraction of sp³-hybridized carbons (Fsp3) is 0.636. The van der Waals surface area contributed by atoms with Gasteiger partial charge >= 0.3 is 6.18 Å². The van der Waals surface area contributed by atoms with Gasteiger partial charge in [-0.15, -0.1) is 0 Å². The monoisotopic (exact) mass is 262 g/mol. The molecule has 1 rings (SSSR count). The van der Waals surface area contributed by atoms with Gasteiger partial charge in [0.05, 0.1) is 0 Å². The molecule has 2 N–H and O–H groups in total. The van der Waals surface area contributed by atoms with Gasteiger partial charge in [-0.2, -0.15) is 13.2 Å². The molecule has 0 saturated carbocycles. The fourth-order valence-corrected chi connectivity index (χ4v) is 1.62. The molecule has 0 aliphatic rings. The van der Waals surface area contributed by atoms with Crippen molar-refractivity contribution >= 4 is 11.6 Å². The zero-order valence-electron chi connectivity index (χ0n) is 10.7. The number of hydrogen-bond donors (Lipinski definition) is 1. The smallest absolute Gasteiger partial charge is 0.383 e. The molecule has 0 bridgehead atoms. The highest BCUT2D eigenvalue weighted by Gasteiger charge is 2.30. The lowest BCUT2D eigenvalue weighted by Crippen LogP contribution is -2.32.